The van der Waals surface area contributed by atoms with E-state index in [0.29, 0.717) is 32.2 Å². The topological polar surface area (TPSA) is 95.9 Å². The summed E-state index contributed by atoms with van der Waals surface area (Å²) >= 11 is 0. The Hall–Kier alpha value is -3.35. The number of benzene rings is 2. The van der Waals surface area contributed by atoms with Crippen molar-refractivity contribution in [3.63, 3.8) is 0 Å². The highest BCUT2D eigenvalue weighted by Gasteiger charge is 2.53. The first-order chi connectivity index (χ1) is 16.4. The molecule has 1 atom stereocenters. The number of nitrogens with one attached hydrogen (secondary N) is 1. The summed E-state index contributed by atoms with van der Waals surface area (Å²) in [6.45, 7) is 2.15. The van der Waals surface area contributed by atoms with Crippen molar-refractivity contribution in [1.82, 2.24) is 10.2 Å². The molecule has 1 unspecified atom stereocenters. The lowest BCUT2D eigenvalue weighted by atomic mass is 9.92. The molecule has 0 bridgehead atoms. The smallest absolute Gasteiger partial charge is 0.408 e. The maximum absolute atomic E-state index is 13.6. The van der Waals surface area contributed by atoms with Gasteiger partial charge in [-0.25, -0.2) is 9.59 Å². The zero-order chi connectivity index (χ0) is 23.9. The normalized spacial score (nSPS) is 22.8. The molecule has 2 aromatic carbocycles. The van der Waals surface area contributed by atoms with E-state index in [4.69, 9.17) is 4.74 Å². The number of carbonyl (C=O) groups excluding carboxylic acids is 2. The molecule has 0 aromatic heterocycles. The van der Waals surface area contributed by atoms with Crippen LogP contribution in [0, 0.1) is 0 Å². The van der Waals surface area contributed by atoms with Gasteiger partial charge in [0, 0.05) is 12.5 Å². The van der Waals surface area contributed by atoms with E-state index >= 15 is 0 Å². The monoisotopic (exact) mass is 462 g/mol. The molecule has 2 amide bonds. The molecule has 0 radical (unpaired) electrons. The summed E-state index contributed by atoms with van der Waals surface area (Å²) in [5.41, 5.74) is 2.20. The minimum Gasteiger partial charge on any atom is -0.480 e. The van der Waals surface area contributed by atoms with Crippen molar-refractivity contribution in [2.24, 2.45) is 0 Å². The summed E-state index contributed by atoms with van der Waals surface area (Å²) in [6, 6.07) is 16.3. The molecule has 1 saturated heterocycles. The van der Waals surface area contributed by atoms with Crippen LogP contribution in [0.15, 0.2) is 48.5 Å². The van der Waals surface area contributed by atoms with Gasteiger partial charge >= 0.3 is 12.1 Å². The fourth-order valence-corrected chi connectivity index (χ4v) is 5.97. The van der Waals surface area contributed by atoms with Crippen molar-refractivity contribution in [3.05, 3.63) is 59.7 Å². The molecule has 0 spiro atoms. The number of hydrogen-bond acceptors (Lipinski definition) is 4. The number of ether oxygens (including phenoxy) is 1. The van der Waals surface area contributed by atoms with Gasteiger partial charge in [-0.3, -0.25) is 4.79 Å². The third kappa shape index (κ3) is 3.54. The van der Waals surface area contributed by atoms with Gasteiger partial charge < -0.3 is 20.1 Å². The van der Waals surface area contributed by atoms with Gasteiger partial charge in [-0.2, -0.15) is 0 Å². The lowest BCUT2D eigenvalue weighted by Crippen LogP contribution is -2.63. The van der Waals surface area contributed by atoms with Crippen LogP contribution in [0.5, 0.6) is 0 Å². The van der Waals surface area contributed by atoms with Gasteiger partial charge in [0.15, 0.2) is 0 Å². The van der Waals surface area contributed by atoms with E-state index in [1.807, 2.05) is 24.3 Å². The summed E-state index contributed by atoms with van der Waals surface area (Å²) in [7, 11) is 0. The Labute approximate surface area is 199 Å². The molecule has 178 valence electrons. The Morgan fingerprint density at radius 1 is 0.971 bits per heavy atom. The third-order valence-corrected chi connectivity index (χ3v) is 7.90. The minimum atomic E-state index is -1.24. The molecule has 2 aliphatic carbocycles. The lowest BCUT2D eigenvalue weighted by Gasteiger charge is -2.38. The number of rotatable bonds is 5. The van der Waals surface area contributed by atoms with Crippen LogP contribution in [0.4, 0.5) is 4.79 Å². The van der Waals surface area contributed by atoms with Crippen LogP contribution in [-0.2, 0) is 14.3 Å². The van der Waals surface area contributed by atoms with Gasteiger partial charge in [-0.05, 0) is 54.9 Å². The number of hydrogen-bond donors (Lipinski definition) is 2. The molecule has 1 saturated carbocycles. The van der Waals surface area contributed by atoms with Crippen LogP contribution >= 0.6 is 0 Å². The molecule has 2 fully saturated rings. The van der Waals surface area contributed by atoms with E-state index in [1.54, 1.807) is 6.92 Å². The second kappa shape index (κ2) is 8.46. The number of fused-ring (bicyclic) bond motifs is 3. The molecular formula is C27H30N2O5. The number of likely N-dealkylation sites (tertiary alicyclic amines) is 1. The zero-order valence-electron chi connectivity index (χ0n) is 19.4. The summed E-state index contributed by atoms with van der Waals surface area (Å²) in [6.07, 6.45) is 2.99. The van der Waals surface area contributed by atoms with E-state index in [2.05, 4.69) is 29.6 Å². The number of aliphatic carboxylic acids is 1. The van der Waals surface area contributed by atoms with Crippen LogP contribution in [0.3, 0.4) is 0 Å². The molecule has 34 heavy (non-hydrogen) atoms. The summed E-state index contributed by atoms with van der Waals surface area (Å²) < 4.78 is 5.70. The molecule has 7 nitrogen and oxygen atoms in total. The number of carboxylic acids is 1. The van der Waals surface area contributed by atoms with Crippen LogP contribution in [0.25, 0.3) is 11.1 Å². The summed E-state index contributed by atoms with van der Waals surface area (Å²) in [4.78, 5) is 40.0. The Kier molecular flexibility index (Phi) is 5.58. The van der Waals surface area contributed by atoms with E-state index in [9.17, 15) is 19.5 Å². The van der Waals surface area contributed by atoms with E-state index in [-0.39, 0.29) is 18.4 Å². The maximum atomic E-state index is 13.6. The second-order valence-corrected chi connectivity index (χ2v) is 9.88. The summed E-state index contributed by atoms with van der Waals surface area (Å²) in [5, 5.41) is 12.6. The van der Waals surface area contributed by atoms with Gasteiger partial charge in [0.1, 0.15) is 17.7 Å². The highest BCUT2D eigenvalue weighted by Crippen LogP contribution is 2.44. The molecule has 1 aliphatic heterocycles. The van der Waals surface area contributed by atoms with Crippen molar-refractivity contribution in [3.8, 4) is 11.1 Å². The number of carboxylic acid groups (broad SMARTS) is 1. The van der Waals surface area contributed by atoms with Crippen molar-refractivity contribution in [2.75, 3.05) is 13.2 Å². The first kappa shape index (κ1) is 22.4. The Bertz CT molecular complexity index is 1090. The highest BCUT2D eigenvalue weighted by atomic mass is 16.5. The fraction of sp³-hybridized carbons (Fsp3) is 0.444. The molecule has 2 aromatic rings. The SMILES string of the molecule is CC1(C(=O)O)CCCN1C(=O)C1(NC(=O)OCC2c3ccccc3-c3ccccc32)CCCC1. The average molecular weight is 463 g/mol. The second-order valence-electron chi connectivity index (χ2n) is 9.88. The van der Waals surface area contributed by atoms with Crippen LogP contribution in [0.2, 0.25) is 0 Å². The van der Waals surface area contributed by atoms with Gasteiger partial charge in [-0.15, -0.1) is 0 Å². The maximum Gasteiger partial charge on any atom is 0.408 e. The first-order valence-corrected chi connectivity index (χ1v) is 12.0. The summed E-state index contributed by atoms with van der Waals surface area (Å²) in [5.74, 6) is -1.38. The zero-order valence-corrected chi connectivity index (χ0v) is 19.4. The quantitative estimate of drug-likeness (QED) is 0.691. The largest absolute Gasteiger partial charge is 0.480 e. The van der Waals surface area contributed by atoms with E-state index in [1.165, 1.54) is 4.90 Å². The first-order valence-electron chi connectivity index (χ1n) is 12.0. The highest BCUT2D eigenvalue weighted by molar-refractivity contribution is 5.95. The molecule has 1 heterocycles. The number of alkyl carbamates (subject to hydrolysis) is 1. The van der Waals surface area contributed by atoms with Crippen molar-refractivity contribution >= 4 is 18.0 Å². The van der Waals surface area contributed by atoms with E-state index in [0.717, 1.165) is 35.1 Å². The predicted molar refractivity (Wildman–Crippen MR) is 126 cm³/mol. The molecule has 2 N–H and O–H groups in total. The fourth-order valence-electron chi connectivity index (χ4n) is 5.97. The average Bonchev–Trinajstić information content (AvgIpc) is 3.54. The van der Waals surface area contributed by atoms with Crippen LogP contribution in [0.1, 0.15) is 62.5 Å². The van der Waals surface area contributed by atoms with Gasteiger partial charge in [0.2, 0.25) is 5.91 Å². The Balaban J connectivity index is 1.32. The van der Waals surface area contributed by atoms with Gasteiger partial charge in [0.25, 0.3) is 0 Å². The number of amides is 2. The van der Waals surface area contributed by atoms with Crippen LogP contribution in [-0.4, -0.2) is 52.2 Å². The van der Waals surface area contributed by atoms with Crippen LogP contribution < -0.4 is 5.32 Å². The van der Waals surface area contributed by atoms with Crippen molar-refractivity contribution in [1.29, 1.82) is 0 Å². The number of carbonyl (C=O) groups is 3. The molecule has 7 heteroatoms. The molecule has 5 rings (SSSR count). The predicted octanol–water partition coefficient (Wildman–Crippen LogP) is 4.30. The van der Waals surface area contributed by atoms with Gasteiger partial charge in [0.05, 0.1) is 0 Å². The third-order valence-electron chi connectivity index (χ3n) is 7.90. The molecule has 3 aliphatic rings. The Morgan fingerprint density at radius 2 is 1.56 bits per heavy atom. The van der Waals surface area contributed by atoms with Crippen molar-refractivity contribution in [2.45, 2.75) is 62.4 Å². The minimum absolute atomic E-state index is 0.0673. The number of nitrogens with zero attached hydrogens (tertiary/aromatic N) is 1. The Morgan fingerprint density at radius 3 is 2.15 bits per heavy atom. The van der Waals surface area contributed by atoms with Gasteiger partial charge in [-0.1, -0.05) is 61.4 Å². The molecular weight excluding hydrogens is 432 g/mol. The standard InChI is InChI=1S/C27H30N2O5/c1-26(24(31)32)13-8-16-29(26)23(30)27(14-6-7-15-27)28-25(33)34-17-22-20-11-4-2-9-18(20)19-10-3-5-12-21(19)22/h2-5,9-12,22H,6-8,13-17H2,1H3,(H,28,33)(H,31,32). The van der Waals surface area contributed by atoms with E-state index < -0.39 is 23.1 Å². The lowest BCUT2D eigenvalue weighted by molar-refractivity contribution is -0.158. The van der Waals surface area contributed by atoms with Crippen molar-refractivity contribution < 1.29 is 24.2 Å².